The molecule has 10 aromatic carbocycles. The second kappa shape index (κ2) is 13.5. The van der Waals surface area contributed by atoms with E-state index in [1.165, 1.54) is 88.0 Å². The van der Waals surface area contributed by atoms with Gasteiger partial charge in [-0.25, -0.2) is 0 Å². The van der Waals surface area contributed by atoms with Gasteiger partial charge in [-0.1, -0.05) is 184 Å². The summed E-state index contributed by atoms with van der Waals surface area (Å²) < 4.78 is 0. The van der Waals surface area contributed by atoms with Crippen molar-refractivity contribution in [3.63, 3.8) is 0 Å². The first kappa shape index (κ1) is 34.1. The van der Waals surface area contributed by atoms with Crippen LogP contribution in [0.15, 0.2) is 212 Å². The van der Waals surface area contributed by atoms with E-state index in [0.717, 1.165) is 17.1 Å². The Morgan fingerprint density at radius 2 is 0.897 bits per heavy atom. The fourth-order valence-corrected chi connectivity index (χ4v) is 9.48. The van der Waals surface area contributed by atoms with Gasteiger partial charge in [0.15, 0.2) is 0 Å². The van der Waals surface area contributed by atoms with Gasteiger partial charge in [0.1, 0.15) is 0 Å². The second-order valence-electron chi connectivity index (χ2n) is 16.1. The molecule has 0 N–H and O–H groups in total. The molecule has 58 heavy (non-hydrogen) atoms. The van der Waals surface area contributed by atoms with E-state index in [-0.39, 0.29) is 5.41 Å². The second-order valence-corrected chi connectivity index (χ2v) is 16.1. The van der Waals surface area contributed by atoms with Crippen LogP contribution in [-0.2, 0) is 5.41 Å². The first-order valence-electron chi connectivity index (χ1n) is 20.3. The largest absolute Gasteiger partial charge is 0.310 e. The molecule has 0 heterocycles. The summed E-state index contributed by atoms with van der Waals surface area (Å²) in [7, 11) is 0. The molecular formula is C57H41N. The van der Waals surface area contributed by atoms with Crippen molar-refractivity contribution < 1.29 is 0 Å². The number of rotatable bonds is 6. The molecule has 0 fully saturated rings. The van der Waals surface area contributed by atoms with Crippen LogP contribution in [0, 0.1) is 0 Å². The number of benzene rings is 10. The number of fused-ring (bicyclic) bond motifs is 4. The first-order valence-corrected chi connectivity index (χ1v) is 20.3. The van der Waals surface area contributed by atoms with E-state index in [1.807, 2.05) is 0 Å². The van der Waals surface area contributed by atoms with Crippen LogP contribution < -0.4 is 4.90 Å². The Bertz CT molecular complexity index is 3170. The third-order valence-corrected chi connectivity index (χ3v) is 12.4. The smallest absolute Gasteiger partial charge is 0.0468 e. The zero-order chi connectivity index (χ0) is 38.8. The van der Waals surface area contributed by atoms with Gasteiger partial charge in [0.05, 0.1) is 0 Å². The lowest BCUT2D eigenvalue weighted by Gasteiger charge is -2.36. The number of nitrogens with zero attached hydrogens (tertiary/aromatic N) is 1. The molecule has 274 valence electrons. The van der Waals surface area contributed by atoms with Crippen LogP contribution in [0.4, 0.5) is 17.1 Å². The van der Waals surface area contributed by atoms with Gasteiger partial charge in [0.25, 0.3) is 0 Å². The van der Waals surface area contributed by atoms with Gasteiger partial charge in [0, 0.05) is 22.5 Å². The van der Waals surface area contributed by atoms with Gasteiger partial charge in [-0.15, -0.1) is 0 Å². The Kier molecular flexibility index (Phi) is 7.91. The molecule has 11 rings (SSSR count). The highest BCUT2D eigenvalue weighted by Gasteiger charge is 2.35. The molecule has 0 saturated heterocycles. The average Bonchev–Trinajstić information content (AvgIpc) is 3.28. The highest BCUT2D eigenvalue weighted by atomic mass is 15.1. The Labute approximate surface area is 340 Å². The number of hydrogen-bond donors (Lipinski definition) is 0. The Hall–Kier alpha value is -7.22. The van der Waals surface area contributed by atoms with Gasteiger partial charge in [0.2, 0.25) is 0 Å². The van der Waals surface area contributed by atoms with Crippen LogP contribution in [0.1, 0.15) is 25.0 Å². The molecule has 1 aliphatic rings. The van der Waals surface area contributed by atoms with Crippen molar-refractivity contribution in [2.24, 2.45) is 0 Å². The molecule has 0 spiro atoms. The van der Waals surface area contributed by atoms with Gasteiger partial charge < -0.3 is 4.90 Å². The minimum absolute atomic E-state index is 0.179. The van der Waals surface area contributed by atoms with Crippen molar-refractivity contribution in [2.75, 3.05) is 4.90 Å². The highest BCUT2D eigenvalue weighted by Crippen LogP contribution is 2.53. The average molecular weight is 740 g/mol. The quantitative estimate of drug-likeness (QED) is 0.164. The van der Waals surface area contributed by atoms with Gasteiger partial charge in [-0.3, -0.25) is 0 Å². The van der Waals surface area contributed by atoms with Crippen LogP contribution in [0.5, 0.6) is 0 Å². The van der Waals surface area contributed by atoms with Crippen molar-refractivity contribution in [3.8, 4) is 44.5 Å². The lowest BCUT2D eigenvalue weighted by Crippen LogP contribution is -2.24. The predicted molar refractivity (Wildman–Crippen MR) is 248 cm³/mol. The summed E-state index contributed by atoms with van der Waals surface area (Å²) >= 11 is 0. The van der Waals surface area contributed by atoms with Crippen molar-refractivity contribution in [1.29, 1.82) is 0 Å². The van der Waals surface area contributed by atoms with Crippen molar-refractivity contribution in [2.45, 2.75) is 19.3 Å². The molecule has 0 unspecified atom stereocenters. The maximum atomic E-state index is 2.46. The monoisotopic (exact) mass is 739 g/mol. The Morgan fingerprint density at radius 1 is 0.328 bits per heavy atom. The molecule has 0 aromatic heterocycles. The molecule has 10 aromatic rings. The van der Waals surface area contributed by atoms with Crippen LogP contribution in [0.3, 0.4) is 0 Å². The van der Waals surface area contributed by atoms with Crippen LogP contribution in [0.25, 0.3) is 76.8 Å². The summed E-state index contributed by atoms with van der Waals surface area (Å²) in [6, 6.07) is 78.1. The number of anilines is 3. The zero-order valence-corrected chi connectivity index (χ0v) is 32.7. The maximum Gasteiger partial charge on any atom is 0.0468 e. The summed E-state index contributed by atoms with van der Waals surface area (Å²) in [4.78, 5) is 2.38. The Balaban J connectivity index is 1.05. The molecular weight excluding hydrogens is 699 g/mol. The van der Waals surface area contributed by atoms with Crippen molar-refractivity contribution in [1.82, 2.24) is 0 Å². The zero-order valence-electron chi connectivity index (χ0n) is 32.7. The van der Waals surface area contributed by atoms with E-state index in [0.29, 0.717) is 0 Å². The van der Waals surface area contributed by atoms with Gasteiger partial charge in [-0.2, -0.15) is 0 Å². The minimum Gasteiger partial charge on any atom is -0.310 e. The normalized spacial score (nSPS) is 12.8. The molecule has 0 saturated carbocycles. The van der Waals surface area contributed by atoms with E-state index in [4.69, 9.17) is 0 Å². The topological polar surface area (TPSA) is 3.24 Å². The molecule has 0 atom stereocenters. The maximum absolute atomic E-state index is 2.46. The van der Waals surface area contributed by atoms with E-state index < -0.39 is 0 Å². The third kappa shape index (κ3) is 5.54. The minimum atomic E-state index is -0.179. The van der Waals surface area contributed by atoms with Gasteiger partial charge in [-0.05, 0) is 130 Å². The standard InChI is InChI=1S/C57H41N/c1-57(2)53-21-11-18-43-27-34-51(56(55(43)53)52-35-28-45(37-54(52)57)50-20-10-17-41-15-8-9-19-49(41)50)42-25-31-47(32-26-42)58(48-33-24-39-14-6-7-16-44(39)36-48)46-29-22-40(23-30-46)38-12-4-3-5-13-38/h3-37H,1-2H3. The van der Waals surface area contributed by atoms with E-state index >= 15 is 0 Å². The fraction of sp³-hybridized carbons (Fsp3) is 0.0526. The van der Waals surface area contributed by atoms with Crippen LogP contribution >= 0.6 is 0 Å². The first-order chi connectivity index (χ1) is 28.5. The summed E-state index contributed by atoms with van der Waals surface area (Å²) in [5.74, 6) is 0. The number of hydrogen-bond acceptors (Lipinski definition) is 1. The molecule has 0 amide bonds. The fourth-order valence-electron chi connectivity index (χ4n) is 9.48. The van der Waals surface area contributed by atoms with E-state index in [9.17, 15) is 0 Å². The van der Waals surface area contributed by atoms with Crippen LogP contribution in [0.2, 0.25) is 0 Å². The SMILES string of the molecule is CC1(C)c2cc(-c3cccc4ccccc34)ccc2-c2c(-c3ccc(N(c4ccc(-c5ccccc5)cc4)c4ccc5ccccc5c4)cc3)ccc3cccc1c23. The molecule has 0 bridgehead atoms. The summed E-state index contributed by atoms with van der Waals surface area (Å²) in [6.07, 6.45) is 0. The van der Waals surface area contributed by atoms with Crippen LogP contribution in [-0.4, -0.2) is 0 Å². The highest BCUT2D eigenvalue weighted by molar-refractivity contribution is 6.10. The third-order valence-electron chi connectivity index (χ3n) is 12.4. The lowest BCUT2D eigenvalue weighted by molar-refractivity contribution is 0.645. The molecule has 0 radical (unpaired) electrons. The van der Waals surface area contributed by atoms with E-state index in [1.54, 1.807) is 0 Å². The summed E-state index contributed by atoms with van der Waals surface area (Å²) in [6.45, 7) is 4.79. The molecule has 1 heteroatoms. The molecule has 1 nitrogen and oxygen atoms in total. The lowest BCUT2D eigenvalue weighted by atomic mass is 9.67. The van der Waals surface area contributed by atoms with Crippen molar-refractivity contribution in [3.05, 3.63) is 223 Å². The van der Waals surface area contributed by atoms with Gasteiger partial charge >= 0.3 is 0 Å². The van der Waals surface area contributed by atoms with E-state index in [2.05, 4.69) is 231 Å². The van der Waals surface area contributed by atoms with Crippen molar-refractivity contribution >= 4 is 49.4 Å². The predicted octanol–water partition coefficient (Wildman–Crippen LogP) is 15.9. The summed E-state index contributed by atoms with van der Waals surface area (Å²) in [5.41, 5.74) is 16.0. The molecule has 1 aliphatic carbocycles. The summed E-state index contributed by atoms with van der Waals surface area (Å²) in [5, 5.41) is 7.65. The Morgan fingerprint density at radius 3 is 1.69 bits per heavy atom. The molecule has 0 aliphatic heterocycles.